The molecule has 0 saturated carbocycles. The topological polar surface area (TPSA) is 83.8 Å². The van der Waals surface area contributed by atoms with Gasteiger partial charge in [-0.2, -0.15) is 0 Å². The summed E-state index contributed by atoms with van der Waals surface area (Å²) in [7, 11) is 1.27. The van der Waals surface area contributed by atoms with Crippen LogP contribution in [0, 0.1) is 6.92 Å². The van der Waals surface area contributed by atoms with Gasteiger partial charge >= 0.3 is 5.97 Å². The van der Waals surface area contributed by atoms with E-state index < -0.39 is 17.5 Å². The molecule has 2 N–H and O–H groups in total. The van der Waals surface area contributed by atoms with Crippen LogP contribution in [0.15, 0.2) is 6.07 Å². The lowest BCUT2D eigenvalue weighted by Gasteiger charge is -2.11. The van der Waals surface area contributed by atoms with E-state index in [2.05, 4.69) is 0 Å². The lowest BCUT2D eigenvalue weighted by Crippen LogP contribution is -2.14. The monoisotopic (exact) mass is 244 g/mol. The zero-order valence-corrected chi connectivity index (χ0v) is 9.33. The number of carboxylic acids is 1. The second-order valence-corrected chi connectivity index (χ2v) is 3.45. The molecule has 0 amide bonds. The summed E-state index contributed by atoms with van der Waals surface area (Å²) >= 11 is 5.78. The second-order valence-electron chi connectivity index (χ2n) is 3.04. The molecule has 0 atom stereocenters. The summed E-state index contributed by atoms with van der Waals surface area (Å²) < 4.78 is 4.77. The number of carbonyl (C=O) groups excluding carboxylic acids is 1. The Morgan fingerprint density at radius 2 is 2.00 bits per heavy atom. The van der Waals surface area contributed by atoms with Gasteiger partial charge in [0.1, 0.15) is 0 Å². The number of halogens is 1. The number of ketones is 1. The molecule has 1 aromatic carbocycles. The molecule has 5 nitrogen and oxygen atoms in total. The van der Waals surface area contributed by atoms with Gasteiger partial charge in [0.05, 0.1) is 12.7 Å². The lowest BCUT2D eigenvalue weighted by atomic mass is 10.0. The first kappa shape index (κ1) is 12.3. The number of methoxy groups -OCH3 is 1. The Kier molecular flexibility index (Phi) is 3.39. The summed E-state index contributed by atoms with van der Waals surface area (Å²) in [5.74, 6) is -3.45. The molecule has 0 unspecified atom stereocenters. The Balaban J connectivity index is 3.53. The molecule has 0 aliphatic carbocycles. The Morgan fingerprint density at radius 3 is 2.44 bits per heavy atom. The van der Waals surface area contributed by atoms with Crippen LogP contribution in [0.4, 0.5) is 0 Å². The van der Waals surface area contributed by atoms with E-state index in [0.717, 1.165) is 0 Å². The van der Waals surface area contributed by atoms with Crippen LogP contribution in [0.3, 0.4) is 0 Å². The highest BCUT2D eigenvalue weighted by molar-refractivity contribution is 6.42. The average molecular weight is 245 g/mol. The van der Waals surface area contributed by atoms with Gasteiger partial charge in [0, 0.05) is 11.1 Å². The van der Waals surface area contributed by atoms with Crippen LogP contribution in [0.25, 0.3) is 0 Å². The summed E-state index contributed by atoms with van der Waals surface area (Å²) in [6.45, 7) is 1.44. The van der Waals surface area contributed by atoms with Gasteiger partial charge in [0.25, 0.3) is 5.78 Å². The maximum atomic E-state index is 11.3. The molecule has 0 radical (unpaired) electrons. The average Bonchev–Trinajstić information content (AvgIpc) is 2.23. The van der Waals surface area contributed by atoms with E-state index in [9.17, 15) is 14.7 Å². The number of carboxylic acid groups (broad SMARTS) is 1. The Morgan fingerprint density at radius 1 is 1.44 bits per heavy atom. The predicted molar refractivity (Wildman–Crippen MR) is 56.4 cm³/mol. The zero-order valence-electron chi connectivity index (χ0n) is 8.57. The summed E-state index contributed by atoms with van der Waals surface area (Å²) in [4.78, 5) is 21.9. The van der Waals surface area contributed by atoms with Crippen molar-refractivity contribution < 1.29 is 24.5 Å². The van der Waals surface area contributed by atoms with Crippen molar-refractivity contribution in [3.05, 3.63) is 22.2 Å². The Bertz CT molecular complexity index is 467. The second kappa shape index (κ2) is 4.40. The van der Waals surface area contributed by atoms with Gasteiger partial charge in [-0.1, -0.05) is 11.6 Å². The minimum atomic E-state index is -1.66. The van der Waals surface area contributed by atoms with Crippen molar-refractivity contribution in [1.29, 1.82) is 0 Å². The number of aromatic hydroxyl groups is 1. The molecule has 0 aliphatic heterocycles. The van der Waals surface area contributed by atoms with Crippen molar-refractivity contribution in [2.24, 2.45) is 0 Å². The number of phenols is 1. The third kappa shape index (κ3) is 1.94. The number of hydrogen-bond acceptors (Lipinski definition) is 4. The molecule has 0 spiro atoms. The van der Waals surface area contributed by atoms with Crippen molar-refractivity contribution in [3.63, 3.8) is 0 Å². The minimum Gasteiger partial charge on any atom is -0.504 e. The van der Waals surface area contributed by atoms with Gasteiger partial charge in [-0.05, 0) is 12.5 Å². The SMILES string of the molecule is COc1cc(Cl)c(C)c(C(=O)C(=O)O)c1O. The lowest BCUT2D eigenvalue weighted by molar-refractivity contribution is -0.131. The van der Waals surface area contributed by atoms with E-state index in [1.165, 1.54) is 20.1 Å². The fourth-order valence-electron chi connectivity index (χ4n) is 1.25. The molecule has 0 bridgehead atoms. The van der Waals surface area contributed by atoms with Crippen LogP contribution >= 0.6 is 11.6 Å². The summed E-state index contributed by atoms with van der Waals surface area (Å²) in [5, 5.41) is 18.4. The molecule has 1 aromatic rings. The number of ether oxygens (including phenoxy) is 1. The van der Waals surface area contributed by atoms with E-state index in [1.807, 2.05) is 0 Å². The van der Waals surface area contributed by atoms with Crippen molar-refractivity contribution in [3.8, 4) is 11.5 Å². The van der Waals surface area contributed by atoms with Gasteiger partial charge in [-0.25, -0.2) is 4.79 Å². The highest BCUT2D eigenvalue weighted by Crippen LogP contribution is 2.37. The van der Waals surface area contributed by atoms with Crippen LogP contribution in [-0.4, -0.2) is 29.1 Å². The molecule has 0 fully saturated rings. The van der Waals surface area contributed by atoms with Crippen LogP contribution in [-0.2, 0) is 4.79 Å². The molecule has 1 rings (SSSR count). The first-order valence-electron chi connectivity index (χ1n) is 4.23. The summed E-state index contributed by atoms with van der Waals surface area (Å²) in [6.07, 6.45) is 0. The molecule has 6 heteroatoms. The van der Waals surface area contributed by atoms with Crippen LogP contribution in [0.1, 0.15) is 15.9 Å². The third-order valence-corrected chi connectivity index (χ3v) is 2.50. The number of Topliss-reactive ketones (excluding diaryl/α,β-unsaturated/α-hetero) is 1. The van der Waals surface area contributed by atoms with E-state index in [1.54, 1.807) is 0 Å². The van der Waals surface area contributed by atoms with Gasteiger partial charge in [0.2, 0.25) is 0 Å². The van der Waals surface area contributed by atoms with E-state index in [4.69, 9.17) is 21.4 Å². The van der Waals surface area contributed by atoms with Gasteiger partial charge in [-0.15, -0.1) is 0 Å². The van der Waals surface area contributed by atoms with Crippen LogP contribution in [0.5, 0.6) is 11.5 Å². The number of aliphatic carboxylic acids is 1. The van der Waals surface area contributed by atoms with Crippen molar-refractivity contribution in [1.82, 2.24) is 0 Å². The molecular weight excluding hydrogens is 236 g/mol. The Labute approximate surface area is 96.2 Å². The van der Waals surface area contributed by atoms with Crippen LogP contribution in [0.2, 0.25) is 5.02 Å². The minimum absolute atomic E-state index is 0.0415. The van der Waals surface area contributed by atoms with Crippen molar-refractivity contribution in [2.45, 2.75) is 6.92 Å². The van der Waals surface area contributed by atoms with E-state index in [0.29, 0.717) is 0 Å². The first-order valence-corrected chi connectivity index (χ1v) is 4.61. The van der Waals surface area contributed by atoms with Gasteiger partial charge < -0.3 is 14.9 Å². The third-order valence-electron chi connectivity index (χ3n) is 2.10. The highest BCUT2D eigenvalue weighted by atomic mass is 35.5. The maximum Gasteiger partial charge on any atom is 0.377 e. The molecule has 0 aliphatic rings. The molecule has 0 aromatic heterocycles. The van der Waals surface area contributed by atoms with E-state index >= 15 is 0 Å². The number of carbonyl (C=O) groups is 2. The number of phenolic OH excluding ortho intramolecular Hbond substituents is 1. The molecular formula is C10H9ClO5. The van der Waals surface area contributed by atoms with E-state index in [-0.39, 0.29) is 21.9 Å². The zero-order chi connectivity index (χ0) is 12.5. The highest BCUT2D eigenvalue weighted by Gasteiger charge is 2.25. The Hall–Kier alpha value is -1.75. The van der Waals surface area contributed by atoms with Crippen molar-refractivity contribution >= 4 is 23.4 Å². The number of rotatable bonds is 3. The first-order chi connectivity index (χ1) is 7.40. The largest absolute Gasteiger partial charge is 0.504 e. The molecule has 0 heterocycles. The molecule has 16 heavy (non-hydrogen) atoms. The van der Waals surface area contributed by atoms with Crippen LogP contribution < -0.4 is 4.74 Å². The normalized spacial score (nSPS) is 9.94. The predicted octanol–water partition coefficient (Wildman–Crippen LogP) is 1.63. The number of benzene rings is 1. The van der Waals surface area contributed by atoms with Gasteiger partial charge in [0.15, 0.2) is 11.5 Å². The number of hydrogen-bond donors (Lipinski definition) is 2. The van der Waals surface area contributed by atoms with Gasteiger partial charge in [-0.3, -0.25) is 4.79 Å². The fraction of sp³-hybridized carbons (Fsp3) is 0.200. The fourth-order valence-corrected chi connectivity index (χ4v) is 1.45. The molecule has 0 saturated heterocycles. The van der Waals surface area contributed by atoms with Crippen molar-refractivity contribution in [2.75, 3.05) is 7.11 Å². The summed E-state index contributed by atoms with van der Waals surface area (Å²) in [6, 6.07) is 1.31. The maximum absolute atomic E-state index is 11.3. The standard InChI is InChI=1S/C10H9ClO5/c1-4-5(11)3-6(16-2)8(12)7(4)9(13)10(14)15/h3,12H,1-2H3,(H,14,15). The smallest absolute Gasteiger partial charge is 0.377 e. The molecule has 86 valence electrons. The quantitative estimate of drug-likeness (QED) is 0.624. The summed E-state index contributed by atoms with van der Waals surface area (Å²) in [5.41, 5.74) is -0.149.